The van der Waals surface area contributed by atoms with Crippen molar-refractivity contribution >= 4 is 11.9 Å². The van der Waals surface area contributed by atoms with Gasteiger partial charge in [0, 0.05) is 18.7 Å². The molecule has 2 aromatic heterocycles. The second kappa shape index (κ2) is 6.58. The topological polar surface area (TPSA) is 85.1 Å². The third kappa shape index (κ3) is 3.84. The lowest BCUT2D eigenvalue weighted by Gasteiger charge is -2.08. The SMILES string of the molecule is CCCNc1nc(NCc2ccoc2)nc(OC)n1. The molecular formula is C12H17N5O2. The Labute approximate surface area is 111 Å². The highest BCUT2D eigenvalue weighted by atomic mass is 16.5. The van der Waals surface area contributed by atoms with Crippen molar-refractivity contribution in [3.63, 3.8) is 0 Å². The minimum Gasteiger partial charge on any atom is -0.472 e. The summed E-state index contributed by atoms with van der Waals surface area (Å²) < 4.78 is 10.0. The van der Waals surface area contributed by atoms with Crippen molar-refractivity contribution < 1.29 is 9.15 Å². The first-order chi connectivity index (χ1) is 9.31. The molecule has 0 spiro atoms. The predicted molar refractivity (Wildman–Crippen MR) is 71.2 cm³/mol. The monoisotopic (exact) mass is 263 g/mol. The van der Waals surface area contributed by atoms with Crippen molar-refractivity contribution in [2.45, 2.75) is 19.9 Å². The van der Waals surface area contributed by atoms with Gasteiger partial charge in [0.05, 0.1) is 19.6 Å². The number of hydrogen-bond donors (Lipinski definition) is 2. The van der Waals surface area contributed by atoms with E-state index >= 15 is 0 Å². The highest BCUT2D eigenvalue weighted by molar-refractivity contribution is 5.36. The summed E-state index contributed by atoms with van der Waals surface area (Å²) >= 11 is 0. The van der Waals surface area contributed by atoms with Crippen LogP contribution in [0.25, 0.3) is 0 Å². The van der Waals surface area contributed by atoms with Crippen LogP contribution in [0.5, 0.6) is 6.01 Å². The van der Waals surface area contributed by atoms with E-state index in [-0.39, 0.29) is 6.01 Å². The number of methoxy groups -OCH3 is 1. The molecular weight excluding hydrogens is 246 g/mol. The molecule has 0 aliphatic rings. The van der Waals surface area contributed by atoms with Crippen molar-refractivity contribution in [1.82, 2.24) is 15.0 Å². The number of nitrogens with one attached hydrogen (secondary N) is 2. The highest BCUT2D eigenvalue weighted by Gasteiger charge is 2.06. The fourth-order valence-corrected chi connectivity index (χ4v) is 1.42. The van der Waals surface area contributed by atoms with Gasteiger partial charge in [-0.25, -0.2) is 0 Å². The minimum atomic E-state index is 0.281. The van der Waals surface area contributed by atoms with Crippen LogP contribution in [-0.2, 0) is 6.54 Å². The second-order valence-electron chi connectivity index (χ2n) is 3.88. The van der Waals surface area contributed by atoms with E-state index in [0.29, 0.717) is 18.4 Å². The van der Waals surface area contributed by atoms with Gasteiger partial charge in [0.25, 0.3) is 0 Å². The van der Waals surface area contributed by atoms with E-state index in [1.165, 1.54) is 7.11 Å². The molecule has 0 atom stereocenters. The maximum Gasteiger partial charge on any atom is 0.322 e. The van der Waals surface area contributed by atoms with E-state index in [9.17, 15) is 0 Å². The Hall–Kier alpha value is -2.31. The van der Waals surface area contributed by atoms with Gasteiger partial charge in [0.15, 0.2) is 0 Å². The number of nitrogens with zero attached hydrogens (tertiary/aromatic N) is 3. The van der Waals surface area contributed by atoms with Crippen LogP contribution >= 0.6 is 0 Å². The van der Waals surface area contributed by atoms with E-state index < -0.39 is 0 Å². The Morgan fingerprint density at radius 2 is 2.00 bits per heavy atom. The molecule has 102 valence electrons. The third-order valence-electron chi connectivity index (χ3n) is 2.36. The van der Waals surface area contributed by atoms with Crippen molar-refractivity contribution in [2.75, 3.05) is 24.3 Å². The Morgan fingerprint density at radius 3 is 2.63 bits per heavy atom. The zero-order chi connectivity index (χ0) is 13.5. The van der Waals surface area contributed by atoms with Gasteiger partial charge in [-0.15, -0.1) is 0 Å². The highest BCUT2D eigenvalue weighted by Crippen LogP contribution is 2.12. The molecule has 0 aliphatic carbocycles. The zero-order valence-corrected chi connectivity index (χ0v) is 11.0. The Kier molecular flexibility index (Phi) is 4.54. The van der Waals surface area contributed by atoms with Crippen LogP contribution in [-0.4, -0.2) is 28.6 Å². The minimum absolute atomic E-state index is 0.281. The normalized spacial score (nSPS) is 10.2. The number of rotatable bonds is 7. The molecule has 0 unspecified atom stereocenters. The molecule has 2 aromatic rings. The van der Waals surface area contributed by atoms with Crippen molar-refractivity contribution in [3.8, 4) is 6.01 Å². The summed E-state index contributed by atoms with van der Waals surface area (Å²) in [4.78, 5) is 12.5. The van der Waals surface area contributed by atoms with Crippen molar-refractivity contribution in [1.29, 1.82) is 0 Å². The Morgan fingerprint density at radius 1 is 1.21 bits per heavy atom. The van der Waals surface area contributed by atoms with Gasteiger partial charge in [-0.2, -0.15) is 15.0 Å². The molecule has 0 aromatic carbocycles. The number of anilines is 2. The fourth-order valence-electron chi connectivity index (χ4n) is 1.42. The summed E-state index contributed by atoms with van der Waals surface area (Å²) in [6.07, 6.45) is 4.28. The summed E-state index contributed by atoms with van der Waals surface area (Å²) in [5.41, 5.74) is 1.02. The average Bonchev–Trinajstić information content (AvgIpc) is 2.96. The Balaban J connectivity index is 2.05. The quantitative estimate of drug-likeness (QED) is 0.789. The number of aromatic nitrogens is 3. The average molecular weight is 263 g/mol. The molecule has 0 saturated heterocycles. The van der Waals surface area contributed by atoms with Crippen LogP contribution in [0.4, 0.5) is 11.9 Å². The number of furan rings is 1. The molecule has 7 nitrogen and oxygen atoms in total. The molecule has 7 heteroatoms. The first-order valence-corrected chi connectivity index (χ1v) is 6.10. The summed E-state index contributed by atoms with van der Waals surface area (Å²) in [5, 5.41) is 6.20. The molecule has 2 rings (SSSR count). The zero-order valence-electron chi connectivity index (χ0n) is 11.0. The number of ether oxygens (including phenoxy) is 1. The van der Waals surface area contributed by atoms with E-state index in [0.717, 1.165) is 18.5 Å². The molecule has 0 amide bonds. The summed E-state index contributed by atoms with van der Waals surface area (Å²) in [6, 6.07) is 2.16. The fraction of sp³-hybridized carbons (Fsp3) is 0.417. The molecule has 2 heterocycles. The van der Waals surface area contributed by atoms with Gasteiger partial charge < -0.3 is 19.8 Å². The molecule has 19 heavy (non-hydrogen) atoms. The summed E-state index contributed by atoms with van der Waals surface area (Å²) in [6.45, 7) is 3.45. The predicted octanol–water partition coefficient (Wildman–Crippen LogP) is 1.91. The molecule has 2 N–H and O–H groups in total. The summed E-state index contributed by atoms with van der Waals surface area (Å²) in [5.74, 6) is 0.968. The first kappa shape index (κ1) is 13.1. The van der Waals surface area contributed by atoms with Crippen LogP contribution < -0.4 is 15.4 Å². The second-order valence-corrected chi connectivity index (χ2v) is 3.88. The van der Waals surface area contributed by atoms with Gasteiger partial charge in [0.1, 0.15) is 0 Å². The lowest BCUT2D eigenvalue weighted by molar-refractivity contribution is 0.379. The smallest absolute Gasteiger partial charge is 0.322 e. The van der Waals surface area contributed by atoms with Crippen LogP contribution in [0.15, 0.2) is 23.0 Å². The van der Waals surface area contributed by atoms with E-state index in [1.54, 1.807) is 12.5 Å². The lowest BCUT2D eigenvalue weighted by Crippen LogP contribution is -2.10. The summed E-state index contributed by atoms with van der Waals surface area (Å²) in [7, 11) is 1.53. The molecule has 0 aliphatic heterocycles. The van der Waals surface area contributed by atoms with E-state index in [1.807, 2.05) is 6.07 Å². The third-order valence-corrected chi connectivity index (χ3v) is 2.36. The van der Waals surface area contributed by atoms with Crippen LogP contribution in [0.1, 0.15) is 18.9 Å². The maximum absolute atomic E-state index is 5.05. The largest absolute Gasteiger partial charge is 0.472 e. The lowest BCUT2D eigenvalue weighted by atomic mass is 10.3. The van der Waals surface area contributed by atoms with Gasteiger partial charge in [-0.3, -0.25) is 0 Å². The maximum atomic E-state index is 5.05. The van der Waals surface area contributed by atoms with Gasteiger partial charge >= 0.3 is 6.01 Å². The van der Waals surface area contributed by atoms with E-state index in [2.05, 4.69) is 32.5 Å². The van der Waals surface area contributed by atoms with Crippen LogP contribution in [0.2, 0.25) is 0 Å². The van der Waals surface area contributed by atoms with Gasteiger partial charge in [-0.05, 0) is 12.5 Å². The van der Waals surface area contributed by atoms with Crippen molar-refractivity contribution in [2.24, 2.45) is 0 Å². The Bertz CT molecular complexity index is 501. The molecule has 0 radical (unpaired) electrons. The van der Waals surface area contributed by atoms with Crippen LogP contribution in [0, 0.1) is 0 Å². The molecule has 0 saturated carbocycles. The molecule has 0 bridgehead atoms. The molecule has 0 fully saturated rings. The van der Waals surface area contributed by atoms with Gasteiger partial charge in [0.2, 0.25) is 11.9 Å². The number of hydrogen-bond acceptors (Lipinski definition) is 7. The first-order valence-electron chi connectivity index (χ1n) is 6.10. The van der Waals surface area contributed by atoms with E-state index in [4.69, 9.17) is 9.15 Å². The van der Waals surface area contributed by atoms with Crippen LogP contribution in [0.3, 0.4) is 0 Å². The van der Waals surface area contributed by atoms with Gasteiger partial charge in [-0.1, -0.05) is 6.92 Å². The van der Waals surface area contributed by atoms with Crippen molar-refractivity contribution in [3.05, 3.63) is 24.2 Å². The standard InChI is InChI=1S/C12H17N5O2/c1-3-5-13-10-15-11(17-12(16-10)18-2)14-7-9-4-6-19-8-9/h4,6,8H,3,5,7H2,1-2H3,(H2,13,14,15,16,17).